The number of nitrogens with zero attached hydrogens (tertiary/aromatic N) is 3. The van der Waals surface area contributed by atoms with E-state index in [-0.39, 0.29) is 32.2 Å². The van der Waals surface area contributed by atoms with E-state index in [1.165, 1.54) is 4.90 Å². The fourth-order valence-corrected chi connectivity index (χ4v) is 8.48. The predicted molar refractivity (Wildman–Crippen MR) is 211 cm³/mol. The number of ether oxygens (including phenoxy) is 3. The van der Waals surface area contributed by atoms with Crippen molar-refractivity contribution in [1.29, 1.82) is 0 Å². The SMILES string of the molecule is CCCCCCCC[C@H](NC(=O)OC(C)(C)C)C(=O)N1C[C@H](OC(=O)N2Cc3ccc(OCCN(C)C)cc3C2)CC1C(=O)NC1(C(=O)NS(=O)(=O)C2CC2)CC1. The number of alkyl carbamates (subject to hydrolysis) is 1. The number of likely N-dealkylation sites (N-methyl/N-ethyl adjacent to an activating group) is 1. The monoisotopic (exact) mass is 818 g/mol. The first-order chi connectivity index (χ1) is 26.9. The van der Waals surface area contributed by atoms with Crippen molar-refractivity contribution in [3.8, 4) is 5.75 Å². The number of sulfonamides is 1. The van der Waals surface area contributed by atoms with E-state index in [1.54, 1.807) is 25.7 Å². The number of benzene rings is 1. The van der Waals surface area contributed by atoms with Crippen molar-refractivity contribution in [2.75, 3.05) is 33.8 Å². The van der Waals surface area contributed by atoms with Gasteiger partial charge in [0.1, 0.15) is 41.7 Å². The number of hydrogen-bond donors (Lipinski definition) is 3. The summed E-state index contributed by atoms with van der Waals surface area (Å²) in [7, 11) is 0.0706. The minimum absolute atomic E-state index is 0.0673. The Morgan fingerprint density at radius 2 is 1.67 bits per heavy atom. The van der Waals surface area contributed by atoms with Gasteiger partial charge < -0.3 is 34.6 Å². The van der Waals surface area contributed by atoms with Gasteiger partial charge in [-0.05, 0) is 90.2 Å². The topological polar surface area (TPSA) is 193 Å². The molecule has 318 valence electrons. The van der Waals surface area contributed by atoms with E-state index in [0.717, 1.165) is 49.8 Å². The van der Waals surface area contributed by atoms with Crippen LogP contribution in [0.25, 0.3) is 0 Å². The summed E-state index contributed by atoms with van der Waals surface area (Å²) in [5.74, 6) is -1.33. The molecular formula is C40H62N6O10S. The smallest absolute Gasteiger partial charge is 0.410 e. The lowest BCUT2D eigenvalue weighted by Gasteiger charge is -2.30. The summed E-state index contributed by atoms with van der Waals surface area (Å²) in [6, 6.07) is 3.49. The lowest BCUT2D eigenvalue weighted by molar-refractivity contribution is -0.141. The van der Waals surface area contributed by atoms with Crippen LogP contribution < -0.4 is 20.1 Å². The molecule has 0 aromatic heterocycles. The highest BCUT2D eigenvalue weighted by Crippen LogP contribution is 2.38. The number of likely N-dealkylation sites (tertiary alicyclic amines) is 1. The molecule has 0 bridgehead atoms. The van der Waals surface area contributed by atoms with Crippen molar-refractivity contribution in [3.05, 3.63) is 29.3 Å². The number of hydrogen-bond acceptors (Lipinski definition) is 11. The van der Waals surface area contributed by atoms with Crippen molar-refractivity contribution in [2.45, 2.75) is 152 Å². The van der Waals surface area contributed by atoms with E-state index in [0.29, 0.717) is 44.7 Å². The van der Waals surface area contributed by atoms with Crippen LogP contribution in [-0.4, -0.2) is 121 Å². The lowest BCUT2D eigenvalue weighted by atomic mass is 10.0. The molecule has 4 aliphatic rings. The molecule has 16 nitrogen and oxygen atoms in total. The standard InChI is InChI=1S/C40H62N6O10S/c1-7-8-9-10-11-12-13-32(41-37(50)56-39(2,3)4)35(48)46-26-30(23-33(46)34(47)42-40(18-19-40)36(49)43-57(52,53)31-16-17-31)55-38(51)45-24-27-14-15-29(22-28(27)25-45)54-21-20-44(5)6/h14-15,22,30-33H,7-13,16-21,23-26H2,1-6H3,(H,41,50)(H,42,47)(H,43,49)/t30-,32+,33?/m1/s1. The Hall–Kier alpha value is -4.12. The van der Waals surface area contributed by atoms with Crippen LogP contribution >= 0.6 is 0 Å². The van der Waals surface area contributed by atoms with E-state index >= 15 is 0 Å². The van der Waals surface area contributed by atoms with E-state index in [2.05, 4.69) is 22.3 Å². The van der Waals surface area contributed by atoms with Crippen LogP contribution in [0.2, 0.25) is 0 Å². The first-order valence-corrected chi connectivity index (χ1v) is 22.0. The number of carbonyl (C=O) groups is 5. The van der Waals surface area contributed by atoms with Gasteiger partial charge in [-0.2, -0.15) is 0 Å². The van der Waals surface area contributed by atoms with Gasteiger partial charge in [0.15, 0.2) is 0 Å². The Morgan fingerprint density at radius 3 is 2.32 bits per heavy atom. The summed E-state index contributed by atoms with van der Waals surface area (Å²) >= 11 is 0. The van der Waals surface area contributed by atoms with Crippen molar-refractivity contribution in [1.82, 2.24) is 30.1 Å². The minimum atomic E-state index is -3.86. The molecule has 0 radical (unpaired) electrons. The maximum Gasteiger partial charge on any atom is 0.410 e. The molecule has 5 rings (SSSR count). The van der Waals surface area contributed by atoms with Crippen molar-refractivity contribution in [2.24, 2.45) is 0 Å². The van der Waals surface area contributed by atoms with Crippen LogP contribution in [0.1, 0.15) is 116 Å². The van der Waals surface area contributed by atoms with Gasteiger partial charge >= 0.3 is 12.2 Å². The lowest BCUT2D eigenvalue weighted by Crippen LogP contribution is -2.57. The van der Waals surface area contributed by atoms with Gasteiger partial charge in [-0.1, -0.05) is 51.5 Å². The molecule has 2 heterocycles. The van der Waals surface area contributed by atoms with E-state index in [4.69, 9.17) is 14.2 Å². The Bertz CT molecular complexity index is 1740. The Morgan fingerprint density at radius 1 is 0.982 bits per heavy atom. The Kier molecular flexibility index (Phi) is 14.4. The van der Waals surface area contributed by atoms with E-state index in [1.807, 2.05) is 37.2 Å². The maximum absolute atomic E-state index is 14.4. The van der Waals surface area contributed by atoms with Gasteiger partial charge in [-0.15, -0.1) is 0 Å². The zero-order valence-corrected chi connectivity index (χ0v) is 35.2. The number of rotatable bonds is 19. The van der Waals surface area contributed by atoms with Crippen molar-refractivity contribution < 1.29 is 46.6 Å². The molecular weight excluding hydrogens is 757 g/mol. The molecule has 2 aliphatic carbocycles. The number of amides is 5. The molecule has 5 amide bonds. The molecule has 57 heavy (non-hydrogen) atoms. The van der Waals surface area contributed by atoms with Crippen LogP contribution in [0.5, 0.6) is 5.75 Å². The van der Waals surface area contributed by atoms with Crippen LogP contribution in [0, 0.1) is 0 Å². The predicted octanol–water partition coefficient (Wildman–Crippen LogP) is 3.95. The fraction of sp³-hybridized carbons (Fsp3) is 0.725. The third-order valence-electron chi connectivity index (χ3n) is 10.7. The summed E-state index contributed by atoms with van der Waals surface area (Å²) in [6.07, 6.45) is 5.02. The summed E-state index contributed by atoms with van der Waals surface area (Å²) in [6.45, 7) is 9.02. The highest BCUT2D eigenvalue weighted by Gasteiger charge is 2.55. The average Bonchev–Trinajstić information content (AvgIpc) is 4.05. The summed E-state index contributed by atoms with van der Waals surface area (Å²) in [5, 5.41) is 4.84. The number of nitrogens with one attached hydrogen (secondary N) is 3. The third-order valence-corrected chi connectivity index (χ3v) is 12.5. The molecule has 0 spiro atoms. The molecule has 3 N–H and O–H groups in total. The minimum Gasteiger partial charge on any atom is -0.492 e. The first-order valence-electron chi connectivity index (χ1n) is 20.4. The second kappa shape index (κ2) is 18.6. The first kappa shape index (κ1) is 44.0. The van der Waals surface area contributed by atoms with Gasteiger partial charge in [-0.25, -0.2) is 18.0 Å². The summed E-state index contributed by atoms with van der Waals surface area (Å²) in [4.78, 5) is 73.2. The van der Waals surface area contributed by atoms with Gasteiger partial charge in [0.2, 0.25) is 21.8 Å². The van der Waals surface area contributed by atoms with Crippen LogP contribution in [0.4, 0.5) is 9.59 Å². The molecule has 2 saturated carbocycles. The van der Waals surface area contributed by atoms with Crippen LogP contribution in [0.15, 0.2) is 18.2 Å². The zero-order valence-electron chi connectivity index (χ0n) is 34.4. The molecule has 1 aromatic carbocycles. The third kappa shape index (κ3) is 12.4. The van der Waals surface area contributed by atoms with Crippen molar-refractivity contribution in [3.63, 3.8) is 0 Å². The molecule has 1 aromatic rings. The van der Waals surface area contributed by atoms with Gasteiger partial charge in [0, 0.05) is 26.1 Å². The van der Waals surface area contributed by atoms with Crippen LogP contribution in [0.3, 0.4) is 0 Å². The number of carbonyl (C=O) groups excluding carboxylic acids is 5. The van der Waals surface area contributed by atoms with Gasteiger partial charge in [-0.3, -0.25) is 24.0 Å². The largest absolute Gasteiger partial charge is 0.492 e. The molecule has 3 fully saturated rings. The van der Waals surface area contributed by atoms with E-state index < -0.39 is 74.5 Å². The van der Waals surface area contributed by atoms with Crippen molar-refractivity contribution >= 4 is 39.9 Å². The fourth-order valence-electron chi connectivity index (χ4n) is 7.11. The van der Waals surface area contributed by atoms with Gasteiger partial charge in [0.25, 0.3) is 5.91 Å². The summed E-state index contributed by atoms with van der Waals surface area (Å²) < 4.78 is 44.6. The maximum atomic E-state index is 14.4. The van der Waals surface area contributed by atoms with Crippen LogP contribution in [-0.2, 0) is 47.0 Å². The van der Waals surface area contributed by atoms with Gasteiger partial charge in [0.05, 0.1) is 11.8 Å². The highest BCUT2D eigenvalue weighted by molar-refractivity contribution is 7.91. The van der Waals surface area contributed by atoms with E-state index in [9.17, 15) is 32.4 Å². The number of fused-ring (bicyclic) bond motifs is 1. The molecule has 2 aliphatic heterocycles. The normalized spacial score (nSPS) is 20.4. The zero-order chi connectivity index (χ0) is 41.5. The Labute approximate surface area is 337 Å². The second-order valence-corrected chi connectivity index (χ2v) is 19.1. The average molecular weight is 819 g/mol. The highest BCUT2D eigenvalue weighted by atomic mass is 32.2. The number of unbranched alkanes of at least 4 members (excludes halogenated alkanes) is 5. The molecule has 17 heteroatoms. The molecule has 1 unspecified atom stereocenters. The molecule has 1 saturated heterocycles. The molecule has 3 atom stereocenters. The summed E-state index contributed by atoms with van der Waals surface area (Å²) in [5.41, 5.74) is -0.382. The second-order valence-electron chi connectivity index (χ2n) is 17.2. The Balaban J connectivity index is 1.30. The quantitative estimate of drug-likeness (QED) is 0.171.